The minimum Gasteiger partial charge on any atom is -0.207 e. The highest BCUT2D eigenvalue weighted by Gasteiger charge is 2.42. The molecular formula is C9H7F4NO. The van der Waals surface area contributed by atoms with E-state index < -0.39 is 18.0 Å². The molecule has 0 amide bonds. The van der Waals surface area contributed by atoms with Crippen LogP contribution in [0.5, 0.6) is 0 Å². The van der Waals surface area contributed by atoms with Crippen LogP contribution >= 0.6 is 0 Å². The van der Waals surface area contributed by atoms with Crippen molar-refractivity contribution in [3.8, 4) is 0 Å². The molecule has 2 nitrogen and oxygen atoms in total. The van der Waals surface area contributed by atoms with Gasteiger partial charge in [0.05, 0.1) is 0 Å². The van der Waals surface area contributed by atoms with Crippen LogP contribution in [-0.4, -0.2) is 6.18 Å². The molecule has 0 saturated carbocycles. The number of halogens is 4. The highest BCUT2D eigenvalue weighted by Crippen LogP contribution is 2.36. The minimum atomic E-state index is -4.74. The molecule has 0 fully saturated rings. The lowest BCUT2D eigenvalue weighted by Crippen LogP contribution is -2.18. The van der Waals surface area contributed by atoms with Gasteiger partial charge in [0.1, 0.15) is 5.82 Å². The number of nitroso groups, excluding NO2 is 1. The number of nitrogens with zero attached hydrogens (tertiary/aromatic N) is 1. The summed E-state index contributed by atoms with van der Waals surface area (Å²) in [4.78, 5) is 10.1. The molecule has 0 aliphatic carbocycles. The second-order valence-corrected chi connectivity index (χ2v) is 3.06. The van der Waals surface area contributed by atoms with Crippen LogP contribution in [0.4, 0.5) is 17.6 Å². The van der Waals surface area contributed by atoms with Gasteiger partial charge in [0, 0.05) is 0 Å². The molecule has 15 heavy (non-hydrogen) atoms. The number of rotatable bonds is 2. The van der Waals surface area contributed by atoms with E-state index in [4.69, 9.17) is 0 Å². The predicted octanol–water partition coefficient (Wildman–Crippen LogP) is 3.50. The Morgan fingerprint density at radius 2 is 1.93 bits per heavy atom. The second-order valence-electron chi connectivity index (χ2n) is 3.06. The fraction of sp³-hybridized carbons (Fsp3) is 0.333. The lowest BCUT2D eigenvalue weighted by Gasteiger charge is -2.13. The van der Waals surface area contributed by atoms with Crippen LogP contribution in [0.3, 0.4) is 0 Å². The van der Waals surface area contributed by atoms with Crippen LogP contribution in [0.15, 0.2) is 23.4 Å². The minimum absolute atomic E-state index is 0.0467. The quantitative estimate of drug-likeness (QED) is 0.555. The summed E-state index contributed by atoms with van der Waals surface area (Å²) in [6.07, 6.45) is -4.74. The van der Waals surface area contributed by atoms with Gasteiger partial charge in [0.2, 0.25) is 6.04 Å². The highest BCUT2D eigenvalue weighted by molar-refractivity contribution is 5.27. The Balaban J connectivity index is 3.14. The Morgan fingerprint density at radius 1 is 1.33 bits per heavy atom. The molecule has 1 rings (SSSR count). The Morgan fingerprint density at radius 3 is 2.33 bits per heavy atom. The van der Waals surface area contributed by atoms with Gasteiger partial charge >= 0.3 is 6.18 Å². The average molecular weight is 221 g/mol. The molecule has 0 N–H and O–H groups in total. The molecule has 1 aromatic carbocycles. The smallest absolute Gasteiger partial charge is 0.207 e. The van der Waals surface area contributed by atoms with Gasteiger partial charge < -0.3 is 0 Å². The molecule has 1 unspecified atom stereocenters. The summed E-state index contributed by atoms with van der Waals surface area (Å²) in [5.74, 6) is -0.620. The zero-order valence-electron chi connectivity index (χ0n) is 7.68. The fourth-order valence-corrected chi connectivity index (χ4v) is 1.15. The van der Waals surface area contributed by atoms with Crippen molar-refractivity contribution in [2.24, 2.45) is 5.18 Å². The van der Waals surface area contributed by atoms with Crippen molar-refractivity contribution >= 4 is 0 Å². The highest BCUT2D eigenvalue weighted by atomic mass is 19.4. The fourth-order valence-electron chi connectivity index (χ4n) is 1.15. The Bertz CT molecular complexity index is 375. The largest absolute Gasteiger partial charge is 0.418 e. The number of aryl methyl sites for hydroxylation is 1. The molecule has 0 heterocycles. The third kappa shape index (κ3) is 2.51. The van der Waals surface area contributed by atoms with E-state index in [1.54, 1.807) is 0 Å². The first-order valence-corrected chi connectivity index (χ1v) is 4.01. The van der Waals surface area contributed by atoms with Gasteiger partial charge in [-0.3, -0.25) is 0 Å². The van der Waals surface area contributed by atoms with E-state index >= 15 is 0 Å². The van der Waals surface area contributed by atoms with Gasteiger partial charge in [-0.05, 0) is 24.1 Å². The van der Waals surface area contributed by atoms with Gasteiger partial charge in [-0.25, -0.2) is 4.39 Å². The van der Waals surface area contributed by atoms with Crippen LogP contribution in [0.25, 0.3) is 0 Å². The molecule has 0 aromatic heterocycles. The molecule has 0 spiro atoms. The first-order chi connectivity index (χ1) is 6.86. The molecule has 0 saturated heterocycles. The molecule has 0 aliphatic heterocycles. The van der Waals surface area contributed by atoms with Crippen LogP contribution in [0.2, 0.25) is 0 Å². The zero-order chi connectivity index (χ0) is 11.6. The van der Waals surface area contributed by atoms with Crippen LogP contribution < -0.4 is 0 Å². The monoisotopic (exact) mass is 221 g/mol. The number of alkyl halides is 3. The molecule has 6 heteroatoms. The van der Waals surface area contributed by atoms with Crippen molar-refractivity contribution in [1.29, 1.82) is 0 Å². The van der Waals surface area contributed by atoms with E-state index in [9.17, 15) is 22.5 Å². The first kappa shape index (κ1) is 11.6. The van der Waals surface area contributed by atoms with Gasteiger partial charge in [0.15, 0.2) is 0 Å². The number of benzene rings is 1. The van der Waals surface area contributed by atoms with E-state index in [1.165, 1.54) is 6.92 Å². The van der Waals surface area contributed by atoms with Crippen molar-refractivity contribution in [2.75, 3.05) is 0 Å². The maximum absolute atomic E-state index is 12.8. The first-order valence-electron chi connectivity index (χ1n) is 4.01. The van der Waals surface area contributed by atoms with Gasteiger partial charge in [-0.15, -0.1) is 4.91 Å². The molecule has 0 aliphatic rings. The third-order valence-electron chi connectivity index (χ3n) is 1.91. The Kier molecular flexibility index (Phi) is 3.06. The Hall–Kier alpha value is -1.46. The van der Waals surface area contributed by atoms with Crippen molar-refractivity contribution in [3.05, 3.63) is 40.1 Å². The second kappa shape index (κ2) is 3.96. The summed E-state index contributed by atoms with van der Waals surface area (Å²) in [6.45, 7) is 1.32. The SMILES string of the molecule is Cc1cc(C(N=O)C(F)(F)F)ccc1F. The average Bonchev–Trinajstić information content (AvgIpc) is 2.10. The lowest BCUT2D eigenvalue weighted by molar-refractivity contribution is -0.148. The summed E-state index contributed by atoms with van der Waals surface area (Å²) < 4.78 is 49.5. The van der Waals surface area contributed by atoms with Crippen LogP contribution in [0, 0.1) is 17.6 Å². The molecule has 0 radical (unpaired) electrons. The van der Waals surface area contributed by atoms with E-state index in [0.717, 1.165) is 18.2 Å². The van der Waals surface area contributed by atoms with Crippen LogP contribution in [0.1, 0.15) is 17.2 Å². The third-order valence-corrected chi connectivity index (χ3v) is 1.91. The topological polar surface area (TPSA) is 29.4 Å². The van der Waals surface area contributed by atoms with E-state index in [-0.39, 0.29) is 11.1 Å². The lowest BCUT2D eigenvalue weighted by atomic mass is 10.0. The summed E-state index contributed by atoms with van der Waals surface area (Å²) in [5, 5.41) is 2.00. The number of hydrogen-bond donors (Lipinski definition) is 0. The summed E-state index contributed by atoms with van der Waals surface area (Å²) >= 11 is 0. The number of hydrogen-bond acceptors (Lipinski definition) is 2. The van der Waals surface area contributed by atoms with Gasteiger partial charge in [-0.2, -0.15) is 13.2 Å². The maximum atomic E-state index is 12.8. The normalized spacial score (nSPS) is 13.7. The maximum Gasteiger partial charge on any atom is 0.418 e. The molecule has 1 atom stereocenters. The van der Waals surface area contributed by atoms with Gasteiger partial charge in [-0.1, -0.05) is 17.3 Å². The molecular weight excluding hydrogens is 214 g/mol. The van der Waals surface area contributed by atoms with Crippen molar-refractivity contribution in [2.45, 2.75) is 19.1 Å². The standard InChI is InChI=1S/C9H7F4NO/c1-5-4-6(2-3-7(5)10)8(14-15)9(11,12)13/h2-4,8H,1H3. The van der Waals surface area contributed by atoms with Crippen molar-refractivity contribution in [3.63, 3.8) is 0 Å². The molecule has 0 bridgehead atoms. The Labute approximate surface area is 82.9 Å². The summed E-state index contributed by atoms with van der Waals surface area (Å²) in [6, 6.07) is 0.322. The summed E-state index contributed by atoms with van der Waals surface area (Å²) in [5.41, 5.74) is -0.304. The van der Waals surface area contributed by atoms with E-state index in [0.29, 0.717) is 0 Å². The molecule has 1 aromatic rings. The van der Waals surface area contributed by atoms with Crippen LogP contribution in [-0.2, 0) is 0 Å². The molecule has 82 valence electrons. The summed E-state index contributed by atoms with van der Waals surface area (Å²) in [7, 11) is 0. The zero-order valence-corrected chi connectivity index (χ0v) is 7.68. The van der Waals surface area contributed by atoms with Gasteiger partial charge in [0.25, 0.3) is 0 Å². The van der Waals surface area contributed by atoms with Crippen molar-refractivity contribution in [1.82, 2.24) is 0 Å². The predicted molar refractivity (Wildman–Crippen MR) is 45.7 cm³/mol. The van der Waals surface area contributed by atoms with Crippen molar-refractivity contribution < 1.29 is 17.6 Å². The van der Waals surface area contributed by atoms with E-state index in [1.807, 2.05) is 5.18 Å². The van der Waals surface area contributed by atoms with E-state index in [2.05, 4.69) is 0 Å².